The number of carbonyl (C=O) groups is 1. The first kappa shape index (κ1) is 29.8. The lowest BCUT2D eigenvalue weighted by molar-refractivity contribution is -0.385. The third-order valence-electron chi connectivity index (χ3n) is 6.68. The molecule has 1 heterocycles. The van der Waals surface area contributed by atoms with Crippen molar-refractivity contribution in [1.29, 1.82) is 0 Å². The maximum Gasteiger partial charge on any atom is 0.272 e. The maximum atomic E-state index is 13.3. The number of hydrogen-bond donors (Lipinski definition) is 2. The molecular weight excluding hydrogens is 522 g/mol. The Labute approximate surface area is 228 Å². The number of nitro benzene ring substituents is 1. The molecule has 0 saturated heterocycles. The average molecular weight is 558 g/mol. The largest absolute Gasteiger partial charge is 0.437 e. The Kier molecular flexibility index (Phi) is 9.13. The van der Waals surface area contributed by atoms with Crippen molar-refractivity contribution in [2.24, 2.45) is 0 Å². The fourth-order valence-corrected chi connectivity index (χ4v) is 5.23. The number of aryl methyl sites for hydroxylation is 1. The van der Waals surface area contributed by atoms with Gasteiger partial charge < -0.3 is 10.1 Å². The van der Waals surface area contributed by atoms with Crippen molar-refractivity contribution in [3.8, 4) is 17.3 Å². The topological polar surface area (TPSA) is 145 Å². The number of nitrogens with zero attached hydrogens (tertiary/aromatic N) is 3. The van der Waals surface area contributed by atoms with Crippen LogP contribution in [0.15, 0.2) is 41.3 Å². The van der Waals surface area contributed by atoms with Crippen LogP contribution in [0.1, 0.15) is 67.7 Å². The van der Waals surface area contributed by atoms with Gasteiger partial charge in [-0.2, -0.15) is 9.78 Å². The SMILES string of the molecule is CC[C@H](C)NC(=O)c1nn(-c2cccc(C)c2C)c(Oc2ccc([N+](=O)[O-])cc2S(=O)(=O)N[C@@H](C)CC)c1C. The van der Waals surface area contributed by atoms with Gasteiger partial charge in [0.15, 0.2) is 5.69 Å². The van der Waals surface area contributed by atoms with Gasteiger partial charge in [-0.1, -0.05) is 26.0 Å². The highest BCUT2D eigenvalue weighted by atomic mass is 32.2. The molecule has 0 aliphatic heterocycles. The number of non-ortho nitro benzene ring substituents is 1. The molecule has 1 aromatic heterocycles. The van der Waals surface area contributed by atoms with Gasteiger partial charge >= 0.3 is 0 Å². The van der Waals surface area contributed by atoms with Crippen molar-refractivity contribution in [2.45, 2.75) is 78.3 Å². The molecule has 0 unspecified atom stereocenters. The number of hydrogen-bond acceptors (Lipinski definition) is 7. The molecule has 0 fully saturated rings. The number of sulfonamides is 1. The molecule has 0 radical (unpaired) electrons. The standard InChI is InChI=1S/C27H35N5O6S/c1-8-17(4)28-26(33)25-20(7)27(31(29-25)22-12-10-11-16(3)19(22)6)38-23-14-13-21(32(34)35)15-24(23)39(36,37)30-18(5)9-2/h10-15,17-18,30H,8-9H2,1-7H3,(H,28,33)/t17-,18-/m0/s1. The molecule has 0 saturated carbocycles. The van der Waals surface area contributed by atoms with Crippen molar-refractivity contribution in [1.82, 2.24) is 19.8 Å². The first-order valence-corrected chi connectivity index (χ1v) is 14.2. The minimum Gasteiger partial charge on any atom is -0.437 e. The first-order chi connectivity index (χ1) is 18.3. The fourth-order valence-electron chi connectivity index (χ4n) is 3.76. The zero-order valence-electron chi connectivity index (χ0n) is 23.2. The Morgan fingerprint density at radius 1 is 1.08 bits per heavy atom. The van der Waals surface area contributed by atoms with Crippen LogP contribution in [0.2, 0.25) is 0 Å². The Hall–Kier alpha value is -3.77. The van der Waals surface area contributed by atoms with E-state index in [4.69, 9.17) is 4.74 Å². The predicted octanol–water partition coefficient (Wildman–Crippen LogP) is 5.10. The summed E-state index contributed by atoms with van der Waals surface area (Å²) in [7, 11) is -4.20. The Balaban J connectivity index is 2.25. The minimum absolute atomic E-state index is 0.0924. The summed E-state index contributed by atoms with van der Waals surface area (Å²) in [6.07, 6.45) is 1.23. The third-order valence-corrected chi connectivity index (χ3v) is 8.29. The molecule has 0 aliphatic rings. The molecular formula is C27H35N5O6S. The number of rotatable bonds is 11. The second-order valence-electron chi connectivity index (χ2n) is 9.61. The first-order valence-electron chi connectivity index (χ1n) is 12.8. The van der Waals surface area contributed by atoms with Gasteiger partial charge in [0, 0.05) is 29.8 Å². The van der Waals surface area contributed by atoms with Gasteiger partial charge in [0.05, 0.1) is 10.6 Å². The molecule has 11 nitrogen and oxygen atoms in total. The molecule has 0 aliphatic carbocycles. The summed E-state index contributed by atoms with van der Waals surface area (Å²) in [5.41, 5.74) is 2.60. The lowest BCUT2D eigenvalue weighted by atomic mass is 10.1. The summed E-state index contributed by atoms with van der Waals surface area (Å²) in [4.78, 5) is 23.5. The highest BCUT2D eigenvalue weighted by Gasteiger charge is 2.29. The Bertz CT molecular complexity index is 1500. The van der Waals surface area contributed by atoms with Crippen LogP contribution in [0, 0.1) is 30.9 Å². The molecule has 39 heavy (non-hydrogen) atoms. The van der Waals surface area contributed by atoms with Crippen molar-refractivity contribution < 1.29 is 22.9 Å². The molecule has 2 N–H and O–H groups in total. The molecule has 2 atom stereocenters. The highest BCUT2D eigenvalue weighted by Crippen LogP contribution is 2.36. The summed E-state index contributed by atoms with van der Waals surface area (Å²) in [5.74, 6) is -0.419. The number of carbonyl (C=O) groups excluding carboxylic acids is 1. The average Bonchev–Trinajstić information content (AvgIpc) is 3.20. The van der Waals surface area contributed by atoms with E-state index in [2.05, 4.69) is 15.1 Å². The van der Waals surface area contributed by atoms with Crippen LogP contribution in [-0.2, 0) is 10.0 Å². The Morgan fingerprint density at radius 3 is 2.36 bits per heavy atom. The van der Waals surface area contributed by atoms with E-state index >= 15 is 0 Å². The van der Waals surface area contributed by atoms with Crippen LogP contribution in [0.4, 0.5) is 5.69 Å². The number of nitro groups is 1. The van der Waals surface area contributed by atoms with Crippen molar-refractivity contribution in [3.05, 3.63) is 68.9 Å². The summed E-state index contributed by atoms with van der Waals surface area (Å²) in [6.45, 7) is 12.8. The molecule has 12 heteroatoms. The van der Waals surface area contributed by atoms with Crippen LogP contribution in [-0.4, -0.2) is 41.1 Å². The van der Waals surface area contributed by atoms with Crippen LogP contribution in [0.25, 0.3) is 5.69 Å². The van der Waals surface area contributed by atoms with Gasteiger partial charge in [-0.15, -0.1) is 0 Å². The molecule has 210 valence electrons. The monoisotopic (exact) mass is 557 g/mol. The van der Waals surface area contributed by atoms with Gasteiger partial charge in [-0.05, 0) is 70.7 Å². The van der Waals surface area contributed by atoms with Gasteiger partial charge in [-0.25, -0.2) is 13.1 Å². The highest BCUT2D eigenvalue weighted by molar-refractivity contribution is 7.89. The molecule has 3 rings (SSSR count). The number of amides is 1. The van der Waals surface area contributed by atoms with Crippen LogP contribution >= 0.6 is 0 Å². The summed E-state index contributed by atoms with van der Waals surface area (Å²) < 4.78 is 36.8. The second-order valence-corrected chi connectivity index (χ2v) is 11.3. The smallest absolute Gasteiger partial charge is 0.272 e. The molecule has 0 bridgehead atoms. The van der Waals surface area contributed by atoms with Crippen LogP contribution in [0.5, 0.6) is 11.6 Å². The lowest BCUT2D eigenvalue weighted by Gasteiger charge is -2.17. The lowest BCUT2D eigenvalue weighted by Crippen LogP contribution is -2.32. The van der Waals surface area contributed by atoms with E-state index in [0.29, 0.717) is 17.7 Å². The van der Waals surface area contributed by atoms with Crippen LogP contribution in [0.3, 0.4) is 0 Å². The van der Waals surface area contributed by atoms with E-state index < -0.39 is 37.5 Å². The van der Waals surface area contributed by atoms with Crippen LogP contribution < -0.4 is 14.8 Å². The van der Waals surface area contributed by atoms with E-state index in [1.54, 1.807) is 13.8 Å². The van der Waals surface area contributed by atoms with E-state index in [1.165, 1.54) is 16.8 Å². The maximum absolute atomic E-state index is 13.3. The van der Waals surface area contributed by atoms with Gasteiger partial charge in [0.2, 0.25) is 15.9 Å². The summed E-state index contributed by atoms with van der Waals surface area (Å²) in [5, 5.41) is 18.9. The quantitative estimate of drug-likeness (QED) is 0.246. The number of benzene rings is 2. The van der Waals surface area contributed by atoms with E-state index in [9.17, 15) is 23.3 Å². The number of ether oxygens (including phenoxy) is 1. The summed E-state index contributed by atoms with van der Waals surface area (Å²) in [6, 6.07) is 8.46. The zero-order valence-corrected chi connectivity index (χ0v) is 24.0. The van der Waals surface area contributed by atoms with Crippen molar-refractivity contribution >= 4 is 21.6 Å². The second kappa shape index (κ2) is 12.0. The summed E-state index contributed by atoms with van der Waals surface area (Å²) >= 11 is 0. The predicted molar refractivity (Wildman–Crippen MR) is 148 cm³/mol. The number of nitrogens with one attached hydrogen (secondary N) is 2. The molecule has 3 aromatic rings. The van der Waals surface area contributed by atoms with E-state index in [0.717, 1.165) is 23.6 Å². The van der Waals surface area contributed by atoms with E-state index in [-0.39, 0.29) is 23.4 Å². The Morgan fingerprint density at radius 2 is 1.74 bits per heavy atom. The molecule has 2 aromatic carbocycles. The zero-order chi connectivity index (χ0) is 29.1. The van der Waals surface area contributed by atoms with Crippen molar-refractivity contribution in [3.63, 3.8) is 0 Å². The van der Waals surface area contributed by atoms with Crippen molar-refractivity contribution in [2.75, 3.05) is 0 Å². The molecule has 1 amide bonds. The van der Waals surface area contributed by atoms with Gasteiger partial charge in [0.25, 0.3) is 11.6 Å². The fraction of sp³-hybridized carbons (Fsp3) is 0.407. The van der Waals surface area contributed by atoms with Gasteiger partial charge in [-0.3, -0.25) is 14.9 Å². The van der Waals surface area contributed by atoms with Gasteiger partial charge in [0.1, 0.15) is 10.6 Å². The normalized spacial score (nSPS) is 13.1. The third kappa shape index (κ3) is 6.45. The molecule has 0 spiro atoms. The van der Waals surface area contributed by atoms with E-state index in [1.807, 2.05) is 52.8 Å². The minimum atomic E-state index is -4.20. The number of aromatic nitrogens is 2.